The van der Waals surface area contributed by atoms with Crippen LogP contribution in [0.1, 0.15) is 12.8 Å². The molecule has 1 fully saturated rings. The number of hydrogen-bond acceptors (Lipinski definition) is 6. The van der Waals surface area contributed by atoms with E-state index in [1.807, 2.05) is 4.90 Å². The second-order valence-corrected chi connectivity index (χ2v) is 5.04. The number of nitrogens with zero attached hydrogens (tertiary/aromatic N) is 2. The summed E-state index contributed by atoms with van der Waals surface area (Å²) < 4.78 is 4.54. The van der Waals surface area contributed by atoms with Gasteiger partial charge in [-0.1, -0.05) is 12.1 Å². The summed E-state index contributed by atoms with van der Waals surface area (Å²) in [5.74, 6) is -0.796. The predicted molar refractivity (Wildman–Crippen MR) is 76.1 cm³/mol. The number of aliphatic hydroxyl groups is 1. The standard InChI is InChI=1S/C14H18N2O5/c1-21-14(18)13(17)10-6-8-15(9-7-10)11-4-2-3-5-12(11)16(19)20/h2-5,10,13,17H,6-9H2,1H3. The maximum Gasteiger partial charge on any atom is 0.334 e. The molecule has 2 rings (SSSR count). The molecule has 0 bridgehead atoms. The summed E-state index contributed by atoms with van der Waals surface area (Å²) in [6.07, 6.45) is 0.0490. The van der Waals surface area contributed by atoms with Crippen LogP contribution in [0, 0.1) is 16.0 Å². The number of ether oxygens (including phenoxy) is 1. The first-order valence-corrected chi connectivity index (χ1v) is 6.79. The smallest absolute Gasteiger partial charge is 0.334 e. The van der Waals surface area contributed by atoms with Gasteiger partial charge in [0.15, 0.2) is 6.10 Å². The molecule has 0 spiro atoms. The van der Waals surface area contributed by atoms with E-state index in [9.17, 15) is 20.0 Å². The van der Waals surface area contributed by atoms with E-state index < -0.39 is 17.0 Å². The summed E-state index contributed by atoms with van der Waals surface area (Å²) in [4.78, 5) is 23.9. The van der Waals surface area contributed by atoms with E-state index >= 15 is 0 Å². The molecule has 1 heterocycles. The van der Waals surface area contributed by atoms with E-state index in [1.165, 1.54) is 13.2 Å². The van der Waals surface area contributed by atoms with Crippen molar-refractivity contribution in [3.8, 4) is 0 Å². The van der Waals surface area contributed by atoms with Gasteiger partial charge in [-0.05, 0) is 24.8 Å². The van der Waals surface area contributed by atoms with Crippen LogP contribution in [0.5, 0.6) is 0 Å². The number of carbonyl (C=O) groups is 1. The summed E-state index contributed by atoms with van der Waals surface area (Å²) in [5.41, 5.74) is 0.651. The number of methoxy groups -OCH3 is 1. The van der Waals surface area contributed by atoms with Gasteiger partial charge in [0.2, 0.25) is 0 Å². The molecule has 1 saturated heterocycles. The van der Waals surface area contributed by atoms with E-state index in [4.69, 9.17) is 0 Å². The normalized spacial score (nSPS) is 17.3. The largest absolute Gasteiger partial charge is 0.467 e. The van der Waals surface area contributed by atoms with Crippen molar-refractivity contribution in [1.29, 1.82) is 0 Å². The summed E-state index contributed by atoms with van der Waals surface area (Å²) in [7, 11) is 1.24. The molecule has 1 aliphatic heterocycles. The van der Waals surface area contributed by atoms with Gasteiger partial charge in [-0.2, -0.15) is 0 Å². The van der Waals surface area contributed by atoms with Gasteiger partial charge in [-0.3, -0.25) is 10.1 Å². The molecule has 1 atom stereocenters. The van der Waals surface area contributed by atoms with Crippen molar-refractivity contribution in [3.05, 3.63) is 34.4 Å². The van der Waals surface area contributed by atoms with E-state index in [1.54, 1.807) is 18.2 Å². The summed E-state index contributed by atoms with van der Waals surface area (Å²) in [6.45, 7) is 1.12. The number of hydrogen-bond donors (Lipinski definition) is 1. The van der Waals surface area contributed by atoms with Crippen molar-refractivity contribution in [3.63, 3.8) is 0 Å². The molecule has 0 amide bonds. The van der Waals surface area contributed by atoms with Crippen molar-refractivity contribution in [1.82, 2.24) is 0 Å². The number of rotatable bonds is 4. The molecule has 7 nitrogen and oxygen atoms in total. The van der Waals surface area contributed by atoms with Gasteiger partial charge in [-0.25, -0.2) is 4.79 Å². The lowest BCUT2D eigenvalue weighted by molar-refractivity contribution is -0.384. The SMILES string of the molecule is COC(=O)C(O)C1CCN(c2ccccc2[N+](=O)[O-])CC1. The molecule has 114 valence electrons. The van der Waals surface area contributed by atoms with Crippen LogP contribution >= 0.6 is 0 Å². The van der Waals surface area contributed by atoms with E-state index in [2.05, 4.69) is 4.74 Å². The molecule has 0 saturated carbocycles. The lowest BCUT2D eigenvalue weighted by Crippen LogP contribution is -2.41. The molecule has 7 heteroatoms. The zero-order valence-electron chi connectivity index (χ0n) is 11.8. The maximum absolute atomic E-state index is 11.3. The van der Waals surface area contributed by atoms with Gasteiger partial charge in [0.1, 0.15) is 5.69 Å². The molecule has 1 aromatic rings. The summed E-state index contributed by atoms with van der Waals surface area (Å²) in [6, 6.07) is 6.59. The van der Waals surface area contributed by atoms with Crippen LogP contribution in [-0.2, 0) is 9.53 Å². The molecule has 0 aliphatic carbocycles. The number of aliphatic hydroxyl groups excluding tert-OH is 1. The first-order valence-electron chi connectivity index (χ1n) is 6.79. The quantitative estimate of drug-likeness (QED) is 0.512. The molecule has 1 N–H and O–H groups in total. The van der Waals surface area contributed by atoms with E-state index in [0.717, 1.165) is 0 Å². The molecule has 1 unspecified atom stereocenters. The highest BCUT2D eigenvalue weighted by Crippen LogP contribution is 2.32. The van der Waals surface area contributed by atoms with Crippen LogP contribution < -0.4 is 4.90 Å². The Morgan fingerprint density at radius 1 is 1.43 bits per heavy atom. The number of nitro benzene ring substituents is 1. The minimum atomic E-state index is -1.12. The fraction of sp³-hybridized carbons (Fsp3) is 0.500. The molecule has 1 aliphatic rings. The molecule has 1 aromatic carbocycles. The number of piperidine rings is 1. The average molecular weight is 294 g/mol. The highest BCUT2D eigenvalue weighted by molar-refractivity contribution is 5.74. The average Bonchev–Trinajstić information content (AvgIpc) is 2.53. The molecule has 0 aromatic heterocycles. The molecular formula is C14H18N2O5. The maximum atomic E-state index is 11.3. The van der Waals surface area contributed by atoms with Crippen LogP contribution in [0.3, 0.4) is 0 Å². The Morgan fingerprint density at radius 2 is 2.05 bits per heavy atom. The van der Waals surface area contributed by atoms with Crippen molar-refractivity contribution < 1.29 is 19.6 Å². The minimum absolute atomic E-state index is 0.0736. The fourth-order valence-corrected chi connectivity index (χ4v) is 2.66. The fourth-order valence-electron chi connectivity index (χ4n) is 2.66. The Bertz CT molecular complexity index is 526. The van der Waals surface area contributed by atoms with E-state index in [0.29, 0.717) is 31.6 Å². The van der Waals surface area contributed by atoms with Gasteiger partial charge < -0.3 is 14.7 Å². The van der Waals surface area contributed by atoms with Crippen LogP contribution in [0.4, 0.5) is 11.4 Å². The number of carbonyl (C=O) groups excluding carboxylic acids is 1. The van der Waals surface area contributed by atoms with Gasteiger partial charge in [-0.15, -0.1) is 0 Å². The lowest BCUT2D eigenvalue weighted by atomic mass is 9.91. The zero-order valence-corrected chi connectivity index (χ0v) is 11.8. The third-order valence-corrected chi connectivity index (χ3v) is 3.85. The molecular weight excluding hydrogens is 276 g/mol. The molecule has 21 heavy (non-hydrogen) atoms. The summed E-state index contributed by atoms with van der Waals surface area (Å²) in [5, 5.41) is 20.9. The first kappa shape index (κ1) is 15.2. The van der Waals surface area contributed by atoms with Crippen LogP contribution in [-0.4, -0.2) is 42.3 Å². The number of benzene rings is 1. The van der Waals surface area contributed by atoms with Crippen LogP contribution in [0.2, 0.25) is 0 Å². The van der Waals surface area contributed by atoms with Crippen molar-refractivity contribution in [2.24, 2.45) is 5.92 Å². The molecule has 0 radical (unpaired) electrons. The Hall–Kier alpha value is -2.15. The van der Waals surface area contributed by atoms with Gasteiger partial charge in [0.25, 0.3) is 5.69 Å². The number of esters is 1. The Morgan fingerprint density at radius 3 is 2.62 bits per heavy atom. The zero-order chi connectivity index (χ0) is 15.4. The van der Waals surface area contributed by atoms with Crippen LogP contribution in [0.25, 0.3) is 0 Å². The lowest BCUT2D eigenvalue weighted by Gasteiger charge is -2.34. The van der Waals surface area contributed by atoms with Gasteiger partial charge >= 0.3 is 5.97 Å². The van der Waals surface area contributed by atoms with Gasteiger partial charge in [0, 0.05) is 19.2 Å². The van der Waals surface area contributed by atoms with Crippen molar-refractivity contribution in [2.45, 2.75) is 18.9 Å². The van der Waals surface area contributed by atoms with Crippen LogP contribution in [0.15, 0.2) is 24.3 Å². The Labute approximate surface area is 122 Å². The minimum Gasteiger partial charge on any atom is -0.467 e. The van der Waals surface area contributed by atoms with Crippen molar-refractivity contribution in [2.75, 3.05) is 25.1 Å². The monoisotopic (exact) mass is 294 g/mol. The highest BCUT2D eigenvalue weighted by atomic mass is 16.6. The highest BCUT2D eigenvalue weighted by Gasteiger charge is 2.31. The summed E-state index contributed by atoms with van der Waals surface area (Å²) >= 11 is 0. The van der Waals surface area contributed by atoms with Gasteiger partial charge in [0.05, 0.1) is 12.0 Å². The second kappa shape index (κ2) is 6.53. The predicted octanol–water partition coefficient (Wildman–Crippen LogP) is 1.35. The third kappa shape index (κ3) is 3.30. The number of nitro groups is 1. The van der Waals surface area contributed by atoms with Crippen molar-refractivity contribution >= 4 is 17.3 Å². The topological polar surface area (TPSA) is 92.9 Å². The third-order valence-electron chi connectivity index (χ3n) is 3.85. The number of para-hydroxylation sites is 2. The second-order valence-electron chi connectivity index (χ2n) is 5.04. The van der Waals surface area contributed by atoms with E-state index in [-0.39, 0.29) is 11.6 Å². The Kier molecular flexibility index (Phi) is 4.74. The number of anilines is 1. The Balaban J connectivity index is 2.05. The first-order chi connectivity index (χ1) is 10.0.